The maximum atomic E-state index is 6.13. The first-order valence-electron chi connectivity index (χ1n) is 6.28. The van der Waals surface area contributed by atoms with Crippen molar-refractivity contribution in [2.24, 2.45) is 5.92 Å². The van der Waals surface area contributed by atoms with E-state index in [2.05, 4.69) is 59.7 Å². The lowest BCUT2D eigenvalue weighted by Gasteiger charge is -2.31. The molecule has 96 valence electrons. The van der Waals surface area contributed by atoms with Gasteiger partial charge in [0.15, 0.2) is 8.32 Å². The topological polar surface area (TPSA) is 9.23 Å². The summed E-state index contributed by atoms with van der Waals surface area (Å²) in [5.41, 5.74) is 1.38. The molecular formula is C13H30OSi2. The van der Waals surface area contributed by atoms with Gasteiger partial charge in [0.05, 0.1) is 0 Å². The maximum absolute atomic E-state index is 6.13. The van der Waals surface area contributed by atoms with Gasteiger partial charge in [-0.25, -0.2) is 0 Å². The van der Waals surface area contributed by atoms with Crippen LogP contribution in [0.2, 0.25) is 45.3 Å². The molecule has 0 N–H and O–H groups in total. The molecule has 0 radical (unpaired) electrons. The van der Waals surface area contributed by atoms with E-state index in [9.17, 15) is 0 Å². The van der Waals surface area contributed by atoms with Crippen LogP contribution in [-0.2, 0) is 4.43 Å². The third kappa shape index (κ3) is 7.41. The molecule has 0 saturated carbocycles. The molecule has 0 heterocycles. The summed E-state index contributed by atoms with van der Waals surface area (Å²) < 4.78 is 6.13. The Labute approximate surface area is 104 Å². The summed E-state index contributed by atoms with van der Waals surface area (Å²) in [5, 5.41) is 0. The van der Waals surface area contributed by atoms with Gasteiger partial charge in [-0.05, 0) is 32.6 Å². The molecule has 0 rings (SSSR count). The van der Waals surface area contributed by atoms with Crippen molar-refractivity contribution in [1.29, 1.82) is 0 Å². The van der Waals surface area contributed by atoms with E-state index in [0.29, 0.717) is 12.0 Å². The molecule has 0 bridgehead atoms. The van der Waals surface area contributed by atoms with Gasteiger partial charge in [0.2, 0.25) is 0 Å². The minimum absolute atomic E-state index is 0.315. The van der Waals surface area contributed by atoms with Crippen molar-refractivity contribution in [1.82, 2.24) is 0 Å². The van der Waals surface area contributed by atoms with Crippen LogP contribution in [0.25, 0.3) is 0 Å². The molecule has 0 aliphatic heterocycles. The van der Waals surface area contributed by atoms with Crippen LogP contribution in [0.5, 0.6) is 0 Å². The standard InChI is InChI=1S/C13H30OSi2/c1-11(10-15(4,5)6)12(2)13(3)14-16(7,8)9/h12-13H,1,10H2,2-9H3/t12-,13-/m1/s1. The summed E-state index contributed by atoms with van der Waals surface area (Å²) in [4.78, 5) is 0. The van der Waals surface area contributed by atoms with E-state index in [0.717, 1.165) is 0 Å². The fourth-order valence-corrected chi connectivity index (χ4v) is 4.84. The Morgan fingerprint density at radius 2 is 1.50 bits per heavy atom. The van der Waals surface area contributed by atoms with Crippen molar-refractivity contribution in [2.75, 3.05) is 0 Å². The van der Waals surface area contributed by atoms with Crippen LogP contribution >= 0.6 is 0 Å². The fourth-order valence-electron chi connectivity index (χ4n) is 1.83. The monoisotopic (exact) mass is 258 g/mol. The van der Waals surface area contributed by atoms with Gasteiger partial charge in [0, 0.05) is 20.1 Å². The lowest BCUT2D eigenvalue weighted by Crippen LogP contribution is -2.35. The van der Waals surface area contributed by atoms with Crippen LogP contribution in [0.4, 0.5) is 0 Å². The molecule has 0 fully saturated rings. The zero-order valence-corrected chi connectivity index (χ0v) is 14.5. The smallest absolute Gasteiger partial charge is 0.184 e. The molecule has 16 heavy (non-hydrogen) atoms. The molecule has 0 aromatic heterocycles. The zero-order chi connectivity index (χ0) is 13.1. The second kappa shape index (κ2) is 5.65. The Morgan fingerprint density at radius 1 is 1.06 bits per heavy atom. The van der Waals surface area contributed by atoms with Crippen LogP contribution in [-0.4, -0.2) is 22.5 Å². The molecule has 0 aliphatic carbocycles. The van der Waals surface area contributed by atoms with Crippen molar-refractivity contribution in [3.05, 3.63) is 12.2 Å². The first-order valence-corrected chi connectivity index (χ1v) is 13.4. The van der Waals surface area contributed by atoms with Gasteiger partial charge in [0.1, 0.15) is 0 Å². The SMILES string of the molecule is C=C(C[Si](C)(C)C)[C@@H](C)[C@@H](C)O[Si](C)(C)C. The molecule has 0 aromatic carbocycles. The predicted molar refractivity (Wildman–Crippen MR) is 80.4 cm³/mol. The van der Waals surface area contributed by atoms with E-state index in [1.807, 2.05) is 0 Å². The van der Waals surface area contributed by atoms with Crippen molar-refractivity contribution in [3.63, 3.8) is 0 Å². The van der Waals surface area contributed by atoms with Gasteiger partial charge < -0.3 is 4.43 Å². The number of rotatable bonds is 6. The molecule has 0 spiro atoms. The summed E-state index contributed by atoms with van der Waals surface area (Å²) in [5.74, 6) is 0.485. The third-order valence-electron chi connectivity index (χ3n) is 2.64. The molecule has 1 nitrogen and oxygen atoms in total. The molecule has 0 aliphatic rings. The average Bonchev–Trinajstić information content (AvgIpc) is 1.96. The van der Waals surface area contributed by atoms with Crippen LogP contribution in [0.3, 0.4) is 0 Å². The van der Waals surface area contributed by atoms with Gasteiger partial charge in [-0.15, -0.1) is 0 Å². The highest BCUT2D eigenvalue weighted by Gasteiger charge is 2.25. The Balaban J connectivity index is 4.34. The molecule has 0 aromatic rings. The predicted octanol–water partition coefficient (Wildman–Crippen LogP) is 4.76. The van der Waals surface area contributed by atoms with Crippen molar-refractivity contribution in [3.8, 4) is 0 Å². The summed E-state index contributed by atoms with van der Waals surface area (Å²) in [6.07, 6.45) is 0.315. The summed E-state index contributed by atoms with van der Waals surface area (Å²) in [6.45, 7) is 22.6. The van der Waals surface area contributed by atoms with Gasteiger partial charge in [-0.1, -0.05) is 38.7 Å². The Bertz CT molecular complexity index is 235. The van der Waals surface area contributed by atoms with E-state index in [-0.39, 0.29) is 0 Å². The molecular weight excluding hydrogens is 228 g/mol. The van der Waals surface area contributed by atoms with E-state index in [1.54, 1.807) is 0 Å². The summed E-state index contributed by atoms with van der Waals surface area (Å²) in [6, 6.07) is 1.22. The lowest BCUT2D eigenvalue weighted by molar-refractivity contribution is 0.171. The van der Waals surface area contributed by atoms with E-state index >= 15 is 0 Å². The lowest BCUT2D eigenvalue weighted by atomic mass is 9.99. The first kappa shape index (κ1) is 16.1. The van der Waals surface area contributed by atoms with Gasteiger partial charge in [-0.2, -0.15) is 0 Å². The van der Waals surface area contributed by atoms with Gasteiger partial charge >= 0.3 is 0 Å². The Hall–Kier alpha value is 0.134. The molecule has 0 saturated heterocycles. The molecule has 0 unspecified atom stereocenters. The highest BCUT2D eigenvalue weighted by molar-refractivity contribution is 6.76. The van der Waals surface area contributed by atoms with Gasteiger partial charge in [0.25, 0.3) is 0 Å². The molecule has 0 amide bonds. The zero-order valence-electron chi connectivity index (χ0n) is 12.5. The molecule has 2 atom stereocenters. The van der Waals surface area contributed by atoms with Crippen LogP contribution in [0.15, 0.2) is 12.2 Å². The fraction of sp³-hybridized carbons (Fsp3) is 0.846. The number of hydrogen-bond acceptors (Lipinski definition) is 1. The van der Waals surface area contributed by atoms with Crippen LogP contribution < -0.4 is 0 Å². The normalized spacial score (nSPS) is 17.0. The van der Waals surface area contributed by atoms with Crippen molar-refractivity contribution < 1.29 is 4.43 Å². The Morgan fingerprint density at radius 3 is 1.81 bits per heavy atom. The van der Waals surface area contributed by atoms with E-state index < -0.39 is 16.4 Å². The van der Waals surface area contributed by atoms with Crippen LogP contribution in [0.1, 0.15) is 13.8 Å². The van der Waals surface area contributed by atoms with E-state index in [4.69, 9.17) is 4.43 Å². The Kier molecular flexibility index (Phi) is 5.70. The van der Waals surface area contributed by atoms with Crippen molar-refractivity contribution >= 4 is 16.4 Å². The second-order valence-corrected chi connectivity index (χ2v) is 17.1. The highest BCUT2D eigenvalue weighted by Crippen LogP contribution is 2.26. The third-order valence-corrected chi connectivity index (χ3v) is 5.24. The minimum Gasteiger partial charge on any atom is -0.414 e. The van der Waals surface area contributed by atoms with Gasteiger partial charge in [-0.3, -0.25) is 0 Å². The summed E-state index contributed by atoms with van der Waals surface area (Å²) >= 11 is 0. The average molecular weight is 259 g/mol. The maximum Gasteiger partial charge on any atom is 0.184 e. The van der Waals surface area contributed by atoms with Crippen LogP contribution in [0, 0.1) is 5.92 Å². The summed E-state index contributed by atoms with van der Waals surface area (Å²) in [7, 11) is -2.45. The second-order valence-electron chi connectivity index (χ2n) is 7.12. The highest BCUT2D eigenvalue weighted by atomic mass is 28.4. The van der Waals surface area contributed by atoms with Crippen molar-refractivity contribution in [2.45, 2.75) is 65.3 Å². The quantitative estimate of drug-likeness (QED) is 0.493. The minimum atomic E-state index is -1.42. The van der Waals surface area contributed by atoms with E-state index in [1.165, 1.54) is 11.6 Å². The first-order chi connectivity index (χ1) is 6.92. The molecule has 3 heteroatoms. The number of hydrogen-bond donors (Lipinski definition) is 0. The largest absolute Gasteiger partial charge is 0.414 e.